The number of nitrogen functional groups attached to an aromatic ring is 2. The minimum atomic E-state index is -0.612. The van der Waals surface area contributed by atoms with Crippen LogP contribution in [0, 0.1) is 21.4 Å². The highest BCUT2D eigenvalue weighted by Gasteiger charge is 2.24. The van der Waals surface area contributed by atoms with E-state index < -0.39 is 4.92 Å². The second-order valence-corrected chi connectivity index (χ2v) is 4.28. The zero-order valence-corrected chi connectivity index (χ0v) is 12.2. The highest BCUT2D eigenvalue weighted by Crippen LogP contribution is 2.40. The normalized spacial score (nSPS) is 9.96. The Labute approximate surface area is 130 Å². The zero-order valence-electron chi connectivity index (χ0n) is 12.2. The van der Waals surface area contributed by atoms with Crippen molar-refractivity contribution in [2.75, 3.05) is 25.7 Å². The number of ether oxygens (including phenoxy) is 2. The lowest BCUT2D eigenvalue weighted by Crippen LogP contribution is -2.06. The van der Waals surface area contributed by atoms with Gasteiger partial charge in [-0.1, -0.05) is 0 Å². The van der Waals surface area contributed by atoms with Crippen LogP contribution < -0.4 is 20.9 Å². The topological polar surface area (TPSA) is 163 Å². The van der Waals surface area contributed by atoms with Gasteiger partial charge in [-0.2, -0.15) is 10.2 Å². The number of hydrogen-bond donors (Lipinski definition) is 2. The number of benzene rings is 1. The molecule has 1 aromatic carbocycles. The minimum Gasteiger partial charge on any atom is -0.496 e. The van der Waals surface area contributed by atoms with Crippen LogP contribution in [-0.2, 0) is 0 Å². The summed E-state index contributed by atoms with van der Waals surface area (Å²) in [5, 5.41) is 20.3. The van der Waals surface area contributed by atoms with Gasteiger partial charge in [-0.05, 0) is 0 Å². The van der Waals surface area contributed by atoms with Crippen LogP contribution in [0.1, 0.15) is 5.56 Å². The van der Waals surface area contributed by atoms with Crippen LogP contribution in [0.2, 0.25) is 0 Å². The van der Waals surface area contributed by atoms with Gasteiger partial charge in [0.1, 0.15) is 23.2 Å². The molecule has 10 heteroatoms. The standard InChI is InChI=1S/C13H12N6O4/c1-22-9-4-8(19(20)21)10(23-2)3-6(9)11-7(5-14)12(15)18-13(16)17-11/h3-4H,1-2H3,(H4,15,16,17,18). The fourth-order valence-corrected chi connectivity index (χ4v) is 2.01. The van der Waals surface area contributed by atoms with Crippen molar-refractivity contribution in [2.24, 2.45) is 0 Å². The van der Waals surface area contributed by atoms with E-state index in [-0.39, 0.29) is 45.8 Å². The van der Waals surface area contributed by atoms with Gasteiger partial charge in [-0.25, -0.2) is 4.98 Å². The summed E-state index contributed by atoms with van der Waals surface area (Å²) >= 11 is 0. The summed E-state index contributed by atoms with van der Waals surface area (Å²) in [5.41, 5.74) is 11.3. The second kappa shape index (κ2) is 6.02. The quantitative estimate of drug-likeness (QED) is 0.620. The van der Waals surface area contributed by atoms with Gasteiger partial charge in [-0.15, -0.1) is 0 Å². The van der Waals surface area contributed by atoms with Crippen molar-refractivity contribution in [2.45, 2.75) is 0 Å². The highest BCUT2D eigenvalue weighted by molar-refractivity contribution is 5.80. The average Bonchev–Trinajstić information content (AvgIpc) is 2.52. The first-order chi connectivity index (χ1) is 10.9. The predicted molar refractivity (Wildman–Crippen MR) is 80.8 cm³/mol. The summed E-state index contributed by atoms with van der Waals surface area (Å²) in [6, 6.07) is 4.38. The van der Waals surface area contributed by atoms with Crippen molar-refractivity contribution < 1.29 is 14.4 Å². The summed E-state index contributed by atoms with van der Waals surface area (Å²) in [7, 11) is 2.61. The molecule has 0 radical (unpaired) electrons. The molecule has 1 aromatic heterocycles. The van der Waals surface area contributed by atoms with Crippen molar-refractivity contribution in [1.29, 1.82) is 5.26 Å². The first-order valence-electron chi connectivity index (χ1n) is 6.16. The van der Waals surface area contributed by atoms with E-state index >= 15 is 0 Å². The molecule has 0 atom stereocenters. The van der Waals surface area contributed by atoms with Crippen molar-refractivity contribution in [3.8, 4) is 28.8 Å². The SMILES string of the molecule is COc1cc([N+](=O)[O-])c(OC)cc1-c1nc(N)nc(N)c1C#N. The second-order valence-electron chi connectivity index (χ2n) is 4.28. The maximum absolute atomic E-state index is 11.1. The average molecular weight is 316 g/mol. The maximum Gasteiger partial charge on any atom is 0.314 e. The molecule has 0 saturated carbocycles. The molecular weight excluding hydrogens is 304 g/mol. The van der Waals surface area contributed by atoms with Gasteiger partial charge >= 0.3 is 5.69 Å². The lowest BCUT2D eigenvalue weighted by atomic mass is 10.0. The molecule has 118 valence electrons. The molecule has 0 spiro atoms. The van der Waals surface area contributed by atoms with E-state index in [0.29, 0.717) is 0 Å². The number of anilines is 2. The van der Waals surface area contributed by atoms with Crippen molar-refractivity contribution in [3.63, 3.8) is 0 Å². The molecule has 2 aromatic rings. The Morgan fingerprint density at radius 2 is 1.87 bits per heavy atom. The number of nitrogens with zero attached hydrogens (tertiary/aromatic N) is 4. The minimum absolute atomic E-state index is 0.0200. The van der Waals surface area contributed by atoms with Gasteiger partial charge in [0.2, 0.25) is 5.95 Å². The summed E-state index contributed by atoms with van der Waals surface area (Å²) in [6.45, 7) is 0. The number of nitriles is 1. The fraction of sp³-hybridized carbons (Fsp3) is 0.154. The maximum atomic E-state index is 11.1. The van der Waals surface area contributed by atoms with Gasteiger partial charge in [0.25, 0.3) is 0 Å². The monoisotopic (exact) mass is 316 g/mol. The molecule has 23 heavy (non-hydrogen) atoms. The van der Waals surface area contributed by atoms with Crippen LogP contribution in [0.3, 0.4) is 0 Å². The van der Waals surface area contributed by atoms with E-state index in [0.717, 1.165) is 0 Å². The molecule has 0 aliphatic carbocycles. The summed E-state index contributed by atoms with van der Waals surface area (Å²) in [4.78, 5) is 18.2. The lowest BCUT2D eigenvalue weighted by molar-refractivity contribution is -0.385. The van der Waals surface area contributed by atoms with Crippen molar-refractivity contribution in [1.82, 2.24) is 9.97 Å². The molecular formula is C13H12N6O4. The molecule has 0 amide bonds. The largest absolute Gasteiger partial charge is 0.496 e. The number of rotatable bonds is 4. The molecule has 0 unspecified atom stereocenters. The highest BCUT2D eigenvalue weighted by atomic mass is 16.6. The Morgan fingerprint density at radius 1 is 1.22 bits per heavy atom. The van der Waals surface area contributed by atoms with Crippen molar-refractivity contribution >= 4 is 17.5 Å². The number of methoxy groups -OCH3 is 2. The van der Waals surface area contributed by atoms with Crippen LogP contribution in [0.25, 0.3) is 11.3 Å². The van der Waals surface area contributed by atoms with E-state index in [1.54, 1.807) is 0 Å². The molecule has 0 aliphatic rings. The number of aromatic nitrogens is 2. The van der Waals surface area contributed by atoms with Gasteiger partial charge in [-0.3, -0.25) is 10.1 Å². The Kier molecular flexibility index (Phi) is 4.13. The van der Waals surface area contributed by atoms with Gasteiger partial charge in [0.05, 0.1) is 30.9 Å². The number of nitro groups is 1. The molecule has 2 rings (SSSR count). The Morgan fingerprint density at radius 3 is 2.39 bits per heavy atom. The third kappa shape index (κ3) is 2.75. The Balaban J connectivity index is 2.84. The van der Waals surface area contributed by atoms with Gasteiger partial charge in [0, 0.05) is 11.6 Å². The van der Waals surface area contributed by atoms with Crippen LogP contribution in [0.5, 0.6) is 11.5 Å². The van der Waals surface area contributed by atoms with Crippen LogP contribution >= 0.6 is 0 Å². The number of nitrogens with two attached hydrogens (primary N) is 2. The zero-order chi connectivity index (χ0) is 17.1. The van der Waals surface area contributed by atoms with Gasteiger partial charge < -0.3 is 20.9 Å². The van der Waals surface area contributed by atoms with Gasteiger partial charge in [0.15, 0.2) is 5.75 Å². The number of hydrogen-bond acceptors (Lipinski definition) is 9. The van der Waals surface area contributed by atoms with Crippen LogP contribution in [0.4, 0.5) is 17.5 Å². The summed E-state index contributed by atoms with van der Waals surface area (Å²) < 4.78 is 10.2. The van der Waals surface area contributed by atoms with E-state index in [1.807, 2.05) is 6.07 Å². The first kappa shape index (κ1) is 15.8. The predicted octanol–water partition coefficient (Wildman–Crippen LogP) is 1.11. The van der Waals surface area contributed by atoms with Crippen LogP contribution in [-0.4, -0.2) is 29.1 Å². The molecule has 1 heterocycles. The summed E-state index contributed by atoms with van der Waals surface area (Å²) in [6.07, 6.45) is 0. The third-order valence-corrected chi connectivity index (χ3v) is 3.02. The smallest absolute Gasteiger partial charge is 0.314 e. The van der Waals surface area contributed by atoms with E-state index in [9.17, 15) is 15.4 Å². The Hall–Kier alpha value is -3.61. The van der Waals surface area contributed by atoms with Crippen molar-refractivity contribution in [3.05, 3.63) is 27.8 Å². The van der Waals surface area contributed by atoms with E-state index in [4.69, 9.17) is 20.9 Å². The molecule has 0 bridgehead atoms. The fourth-order valence-electron chi connectivity index (χ4n) is 2.01. The Bertz CT molecular complexity index is 830. The van der Waals surface area contributed by atoms with E-state index in [2.05, 4.69) is 9.97 Å². The lowest BCUT2D eigenvalue weighted by Gasteiger charge is -2.12. The number of nitro benzene ring substituents is 1. The molecule has 0 fully saturated rings. The molecule has 10 nitrogen and oxygen atoms in total. The summed E-state index contributed by atoms with van der Waals surface area (Å²) in [5.74, 6) is -0.151. The third-order valence-electron chi connectivity index (χ3n) is 3.02. The molecule has 0 saturated heterocycles. The van der Waals surface area contributed by atoms with E-state index in [1.165, 1.54) is 26.4 Å². The van der Waals surface area contributed by atoms with Crippen LogP contribution in [0.15, 0.2) is 12.1 Å². The molecule has 4 N–H and O–H groups in total. The molecule has 0 aliphatic heterocycles. The first-order valence-corrected chi connectivity index (χ1v) is 6.16.